The first-order valence-corrected chi connectivity index (χ1v) is 10.5. The summed E-state index contributed by atoms with van der Waals surface area (Å²) < 4.78 is 7.68. The number of hydrogen-bond acceptors (Lipinski definition) is 5. The summed E-state index contributed by atoms with van der Waals surface area (Å²) in [7, 11) is 0. The fourth-order valence-electron chi connectivity index (χ4n) is 4.80. The van der Waals surface area contributed by atoms with E-state index in [1.807, 2.05) is 51.9 Å². The van der Waals surface area contributed by atoms with E-state index in [0.717, 1.165) is 60.6 Å². The van der Waals surface area contributed by atoms with Crippen molar-refractivity contribution in [1.29, 1.82) is 0 Å². The van der Waals surface area contributed by atoms with E-state index in [-0.39, 0.29) is 11.8 Å². The first kappa shape index (κ1) is 17.4. The number of carbonyl (C=O) groups excluding carboxylic acids is 1. The lowest BCUT2D eigenvalue weighted by Gasteiger charge is -2.31. The van der Waals surface area contributed by atoms with Crippen molar-refractivity contribution in [1.82, 2.24) is 24.7 Å². The molecule has 0 bridgehead atoms. The van der Waals surface area contributed by atoms with Gasteiger partial charge in [0.25, 0.3) is 5.91 Å². The Morgan fingerprint density at radius 2 is 1.97 bits per heavy atom. The lowest BCUT2D eigenvalue weighted by Crippen LogP contribution is -2.40. The maximum Gasteiger partial charge on any atom is 0.276 e. The number of piperidine rings is 1. The van der Waals surface area contributed by atoms with E-state index in [1.165, 1.54) is 5.56 Å². The minimum Gasteiger partial charge on any atom is -0.355 e. The van der Waals surface area contributed by atoms with Gasteiger partial charge in [0.15, 0.2) is 17.1 Å². The highest BCUT2D eigenvalue weighted by molar-refractivity contribution is 5.95. The van der Waals surface area contributed by atoms with Crippen LogP contribution in [0.2, 0.25) is 0 Å². The second-order valence-corrected chi connectivity index (χ2v) is 8.07. The monoisotopic (exact) mass is 399 g/mol. The van der Waals surface area contributed by atoms with E-state index in [1.54, 1.807) is 0 Å². The van der Waals surface area contributed by atoms with Crippen molar-refractivity contribution in [3.63, 3.8) is 0 Å². The van der Waals surface area contributed by atoms with Gasteiger partial charge in [-0.3, -0.25) is 9.20 Å². The van der Waals surface area contributed by atoms with Crippen molar-refractivity contribution < 1.29 is 9.32 Å². The SMILES string of the molecule is O=C(c1noc2c1CCc1ccccc1-2)N1CCCC(c2nnc3ccccn23)C1. The van der Waals surface area contributed by atoms with Gasteiger partial charge in [-0.25, -0.2) is 0 Å². The number of hydrogen-bond donors (Lipinski definition) is 0. The molecular weight excluding hydrogens is 378 g/mol. The summed E-state index contributed by atoms with van der Waals surface area (Å²) in [5, 5.41) is 12.9. The predicted molar refractivity (Wildman–Crippen MR) is 110 cm³/mol. The molecule has 2 aliphatic rings. The summed E-state index contributed by atoms with van der Waals surface area (Å²) in [6, 6.07) is 14.1. The van der Waals surface area contributed by atoms with Crippen LogP contribution in [-0.4, -0.2) is 43.7 Å². The molecule has 0 N–H and O–H groups in total. The van der Waals surface area contributed by atoms with Crippen LogP contribution in [0, 0.1) is 0 Å². The average molecular weight is 399 g/mol. The number of benzene rings is 1. The van der Waals surface area contributed by atoms with E-state index in [0.29, 0.717) is 12.2 Å². The van der Waals surface area contributed by atoms with Gasteiger partial charge >= 0.3 is 0 Å². The van der Waals surface area contributed by atoms with E-state index in [2.05, 4.69) is 21.4 Å². The number of pyridine rings is 1. The van der Waals surface area contributed by atoms with Crippen LogP contribution < -0.4 is 0 Å². The van der Waals surface area contributed by atoms with Crippen LogP contribution in [0.3, 0.4) is 0 Å². The van der Waals surface area contributed by atoms with Crippen molar-refractivity contribution in [2.45, 2.75) is 31.6 Å². The molecule has 1 saturated heterocycles. The number of aromatic nitrogens is 4. The molecule has 1 unspecified atom stereocenters. The number of fused-ring (bicyclic) bond motifs is 4. The van der Waals surface area contributed by atoms with Crippen molar-refractivity contribution in [3.05, 3.63) is 71.3 Å². The lowest BCUT2D eigenvalue weighted by atomic mass is 9.89. The third-order valence-electron chi connectivity index (χ3n) is 6.31. The lowest BCUT2D eigenvalue weighted by molar-refractivity contribution is 0.0692. The Labute approximate surface area is 173 Å². The Morgan fingerprint density at radius 1 is 1.07 bits per heavy atom. The Bertz CT molecular complexity index is 1260. The van der Waals surface area contributed by atoms with Crippen LogP contribution in [0.5, 0.6) is 0 Å². The van der Waals surface area contributed by atoms with Crippen molar-refractivity contribution >= 4 is 11.6 Å². The second-order valence-electron chi connectivity index (χ2n) is 8.07. The fraction of sp³-hybridized carbons (Fsp3) is 0.304. The van der Waals surface area contributed by atoms with E-state index in [9.17, 15) is 4.79 Å². The van der Waals surface area contributed by atoms with Crippen molar-refractivity contribution in [3.8, 4) is 11.3 Å². The molecule has 150 valence electrons. The third-order valence-corrected chi connectivity index (χ3v) is 6.31. The summed E-state index contributed by atoms with van der Waals surface area (Å²) in [6.07, 6.45) is 5.59. The normalized spacial score (nSPS) is 18.3. The zero-order valence-corrected chi connectivity index (χ0v) is 16.5. The number of likely N-dealkylation sites (tertiary alicyclic amines) is 1. The summed E-state index contributed by atoms with van der Waals surface area (Å²) in [5.41, 5.74) is 4.54. The van der Waals surface area contributed by atoms with Crippen molar-refractivity contribution in [2.24, 2.45) is 0 Å². The molecule has 1 aliphatic carbocycles. The summed E-state index contributed by atoms with van der Waals surface area (Å²) in [6.45, 7) is 1.34. The maximum atomic E-state index is 13.4. The smallest absolute Gasteiger partial charge is 0.276 e. The molecule has 1 fully saturated rings. The molecule has 30 heavy (non-hydrogen) atoms. The predicted octanol–water partition coefficient (Wildman–Crippen LogP) is 3.50. The number of rotatable bonds is 2. The average Bonchev–Trinajstić information content (AvgIpc) is 3.43. The number of nitrogens with zero attached hydrogens (tertiary/aromatic N) is 5. The Kier molecular flexibility index (Phi) is 3.94. The molecule has 4 heterocycles. The van der Waals surface area contributed by atoms with Crippen LogP contribution in [-0.2, 0) is 12.8 Å². The number of aryl methyl sites for hydroxylation is 1. The second kappa shape index (κ2) is 6.79. The molecule has 1 atom stereocenters. The van der Waals surface area contributed by atoms with Gasteiger partial charge in [0.05, 0.1) is 0 Å². The van der Waals surface area contributed by atoms with Gasteiger partial charge < -0.3 is 9.42 Å². The fourth-order valence-corrected chi connectivity index (χ4v) is 4.80. The van der Waals surface area contributed by atoms with Crippen LogP contribution >= 0.6 is 0 Å². The van der Waals surface area contributed by atoms with Crippen LogP contribution in [0.25, 0.3) is 17.0 Å². The van der Waals surface area contributed by atoms with Crippen LogP contribution in [0.15, 0.2) is 53.2 Å². The number of amides is 1. The van der Waals surface area contributed by atoms with Crippen molar-refractivity contribution in [2.75, 3.05) is 13.1 Å². The quantitative estimate of drug-likeness (QED) is 0.516. The minimum atomic E-state index is -0.0436. The highest BCUT2D eigenvalue weighted by Gasteiger charge is 2.33. The molecule has 1 amide bonds. The molecule has 1 aliphatic heterocycles. The van der Waals surface area contributed by atoms with E-state index >= 15 is 0 Å². The molecule has 6 rings (SSSR count). The van der Waals surface area contributed by atoms with Gasteiger partial charge in [-0.05, 0) is 43.4 Å². The molecule has 7 heteroatoms. The maximum absolute atomic E-state index is 13.4. The molecule has 3 aromatic heterocycles. The van der Waals surface area contributed by atoms with Crippen LogP contribution in [0.4, 0.5) is 0 Å². The largest absolute Gasteiger partial charge is 0.355 e. The standard InChI is InChI=1S/C23H21N5O2/c29-23(20-18-11-10-15-6-1-2-8-17(15)21(18)30-26-20)27-12-5-7-16(14-27)22-25-24-19-9-3-4-13-28(19)22/h1-4,6,8-9,13,16H,5,7,10-12,14H2. The van der Waals surface area contributed by atoms with Gasteiger partial charge in [-0.15, -0.1) is 10.2 Å². The molecule has 7 nitrogen and oxygen atoms in total. The van der Waals surface area contributed by atoms with Gasteiger partial charge in [-0.1, -0.05) is 35.5 Å². The Morgan fingerprint density at radius 3 is 2.93 bits per heavy atom. The summed E-state index contributed by atoms with van der Waals surface area (Å²) in [5.74, 6) is 1.78. The molecular formula is C23H21N5O2. The highest BCUT2D eigenvalue weighted by Crippen LogP contribution is 2.36. The van der Waals surface area contributed by atoms with Gasteiger partial charge in [0.1, 0.15) is 5.82 Å². The molecule has 0 saturated carbocycles. The molecule has 0 radical (unpaired) electrons. The minimum absolute atomic E-state index is 0.0436. The van der Waals surface area contributed by atoms with Crippen LogP contribution in [0.1, 0.15) is 46.2 Å². The van der Waals surface area contributed by atoms with Gasteiger partial charge in [0.2, 0.25) is 0 Å². The zero-order valence-electron chi connectivity index (χ0n) is 16.5. The Balaban J connectivity index is 1.29. The third kappa shape index (κ3) is 2.65. The zero-order chi connectivity index (χ0) is 20.1. The molecule has 4 aromatic rings. The topological polar surface area (TPSA) is 76.5 Å². The summed E-state index contributed by atoms with van der Waals surface area (Å²) >= 11 is 0. The van der Waals surface area contributed by atoms with E-state index < -0.39 is 0 Å². The highest BCUT2D eigenvalue weighted by atomic mass is 16.5. The first-order chi connectivity index (χ1) is 14.8. The van der Waals surface area contributed by atoms with Gasteiger partial charge in [-0.2, -0.15) is 0 Å². The van der Waals surface area contributed by atoms with E-state index in [4.69, 9.17) is 4.52 Å². The molecule has 1 aromatic carbocycles. The number of carbonyl (C=O) groups is 1. The summed E-state index contributed by atoms with van der Waals surface area (Å²) in [4.78, 5) is 15.3. The van der Waals surface area contributed by atoms with Gasteiger partial charge in [0, 0.05) is 36.3 Å². The first-order valence-electron chi connectivity index (χ1n) is 10.5. The molecule has 0 spiro atoms. The Hall–Kier alpha value is -3.48.